The molecule has 0 N–H and O–H groups in total. The number of thiophene rings is 1. The molecule has 0 radical (unpaired) electrons. The first-order valence-corrected chi connectivity index (χ1v) is 10.6. The van der Waals surface area contributed by atoms with Crippen LogP contribution in [0.5, 0.6) is 0 Å². The van der Waals surface area contributed by atoms with Gasteiger partial charge >= 0.3 is 5.69 Å². The Morgan fingerprint density at radius 1 is 1.07 bits per heavy atom. The highest BCUT2D eigenvalue weighted by Gasteiger charge is 2.21. The molecule has 5 rings (SSSR count). The zero-order chi connectivity index (χ0) is 20.8. The Morgan fingerprint density at radius 2 is 1.80 bits per heavy atom. The Morgan fingerprint density at radius 3 is 2.50 bits per heavy atom. The maximum Gasteiger partial charge on any atom is 0.352 e. The molecule has 0 saturated carbocycles. The molecule has 0 saturated heterocycles. The minimum absolute atomic E-state index is 0.250. The molecule has 3 aromatic heterocycles. The number of aryl methyl sites for hydroxylation is 2. The maximum absolute atomic E-state index is 13.4. The summed E-state index contributed by atoms with van der Waals surface area (Å²) in [5.74, 6) is 0.232. The van der Waals surface area contributed by atoms with Crippen LogP contribution < -0.4 is 5.69 Å². The number of hydrogen-bond donors (Lipinski definition) is 0. The summed E-state index contributed by atoms with van der Waals surface area (Å²) in [6, 6.07) is 15.9. The van der Waals surface area contributed by atoms with Crippen molar-refractivity contribution in [3.63, 3.8) is 0 Å². The molecular formula is C23H19FN4OS. The number of benzene rings is 2. The van der Waals surface area contributed by atoms with Crippen LogP contribution in [-0.2, 0) is 13.0 Å². The predicted molar refractivity (Wildman–Crippen MR) is 118 cm³/mol. The number of halogens is 1. The third-order valence-electron chi connectivity index (χ3n) is 5.32. The summed E-state index contributed by atoms with van der Waals surface area (Å²) in [7, 11) is 0. The molecule has 3 heterocycles. The topological polar surface area (TPSA) is 52.2 Å². The van der Waals surface area contributed by atoms with Crippen molar-refractivity contribution in [2.24, 2.45) is 0 Å². The molecule has 5 aromatic rings. The van der Waals surface area contributed by atoms with Gasteiger partial charge in [0, 0.05) is 10.4 Å². The summed E-state index contributed by atoms with van der Waals surface area (Å²) in [4.78, 5) is 20.2. The van der Waals surface area contributed by atoms with Crippen LogP contribution in [0.15, 0.2) is 59.4 Å². The Kier molecular flexibility index (Phi) is 4.47. The average molecular weight is 418 g/mol. The molecule has 0 unspecified atom stereocenters. The number of rotatable bonds is 4. The molecule has 0 amide bonds. The van der Waals surface area contributed by atoms with Gasteiger partial charge in [0.1, 0.15) is 10.6 Å². The third-order valence-corrected chi connectivity index (χ3v) is 6.49. The Hall–Kier alpha value is -3.32. The van der Waals surface area contributed by atoms with Gasteiger partial charge in [-0.3, -0.25) is 4.57 Å². The lowest BCUT2D eigenvalue weighted by atomic mass is 10.1. The van der Waals surface area contributed by atoms with E-state index in [1.165, 1.54) is 22.2 Å². The normalized spacial score (nSPS) is 11.6. The highest BCUT2D eigenvalue weighted by molar-refractivity contribution is 7.19. The van der Waals surface area contributed by atoms with E-state index in [1.54, 1.807) is 28.0 Å². The van der Waals surface area contributed by atoms with Gasteiger partial charge in [0.05, 0.1) is 11.9 Å². The second-order valence-electron chi connectivity index (χ2n) is 7.20. The molecular weight excluding hydrogens is 399 g/mol. The average Bonchev–Trinajstić information content (AvgIpc) is 3.34. The van der Waals surface area contributed by atoms with Crippen molar-refractivity contribution in [2.75, 3.05) is 0 Å². The minimum Gasteiger partial charge on any atom is -0.278 e. The van der Waals surface area contributed by atoms with E-state index in [1.807, 2.05) is 30.3 Å². The minimum atomic E-state index is -0.296. The maximum atomic E-state index is 13.4. The fourth-order valence-corrected chi connectivity index (χ4v) is 5.07. The molecule has 0 aliphatic rings. The zero-order valence-corrected chi connectivity index (χ0v) is 17.4. The quantitative estimate of drug-likeness (QED) is 0.420. The fourth-order valence-electron chi connectivity index (χ4n) is 3.84. The van der Waals surface area contributed by atoms with Crippen molar-refractivity contribution in [2.45, 2.75) is 26.8 Å². The lowest BCUT2D eigenvalue weighted by Crippen LogP contribution is -2.28. The molecule has 0 bridgehead atoms. The largest absolute Gasteiger partial charge is 0.352 e. The van der Waals surface area contributed by atoms with Crippen LogP contribution in [0.2, 0.25) is 0 Å². The summed E-state index contributed by atoms with van der Waals surface area (Å²) in [6.45, 7) is 4.52. The number of nitrogens with zero attached hydrogens (tertiary/aromatic N) is 4. The summed E-state index contributed by atoms with van der Waals surface area (Å²) in [6.07, 6.45) is 0.837. The van der Waals surface area contributed by atoms with Gasteiger partial charge in [-0.25, -0.2) is 14.2 Å². The van der Waals surface area contributed by atoms with Crippen molar-refractivity contribution in [1.82, 2.24) is 19.2 Å². The third kappa shape index (κ3) is 2.93. The molecule has 0 spiro atoms. The van der Waals surface area contributed by atoms with E-state index < -0.39 is 0 Å². The monoisotopic (exact) mass is 418 g/mol. The smallest absolute Gasteiger partial charge is 0.278 e. The van der Waals surface area contributed by atoms with Crippen LogP contribution >= 0.6 is 11.3 Å². The van der Waals surface area contributed by atoms with E-state index >= 15 is 0 Å². The van der Waals surface area contributed by atoms with E-state index in [4.69, 9.17) is 4.98 Å². The lowest BCUT2D eigenvalue weighted by Gasteiger charge is -2.09. The van der Waals surface area contributed by atoms with Crippen molar-refractivity contribution in [3.8, 4) is 11.4 Å². The van der Waals surface area contributed by atoms with Crippen LogP contribution in [0.3, 0.4) is 0 Å². The van der Waals surface area contributed by atoms with Gasteiger partial charge < -0.3 is 0 Å². The van der Waals surface area contributed by atoms with Crippen molar-refractivity contribution in [3.05, 3.63) is 86.9 Å². The van der Waals surface area contributed by atoms with Crippen molar-refractivity contribution >= 4 is 27.2 Å². The van der Waals surface area contributed by atoms with Crippen LogP contribution in [0.4, 0.5) is 4.39 Å². The second kappa shape index (κ2) is 7.18. The Bertz CT molecular complexity index is 1430. The molecule has 0 aliphatic heterocycles. The Balaban J connectivity index is 1.82. The fraction of sp³-hybridized carbons (Fsp3) is 0.174. The molecule has 150 valence electrons. The van der Waals surface area contributed by atoms with E-state index in [2.05, 4.69) is 18.9 Å². The lowest BCUT2D eigenvalue weighted by molar-refractivity contribution is 0.626. The molecule has 0 atom stereocenters. The first-order chi connectivity index (χ1) is 14.6. The predicted octanol–water partition coefficient (Wildman–Crippen LogP) is 4.83. The zero-order valence-electron chi connectivity index (χ0n) is 16.6. The van der Waals surface area contributed by atoms with E-state index in [0.717, 1.165) is 32.6 Å². The molecule has 2 aromatic carbocycles. The van der Waals surface area contributed by atoms with Crippen molar-refractivity contribution < 1.29 is 4.39 Å². The highest BCUT2D eigenvalue weighted by Crippen LogP contribution is 2.33. The molecule has 7 heteroatoms. The van der Waals surface area contributed by atoms with Crippen molar-refractivity contribution in [1.29, 1.82) is 0 Å². The highest BCUT2D eigenvalue weighted by atomic mass is 32.1. The van der Waals surface area contributed by atoms with Crippen LogP contribution in [0, 0.1) is 12.7 Å². The van der Waals surface area contributed by atoms with E-state index in [0.29, 0.717) is 18.0 Å². The Labute approximate surface area is 176 Å². The molecule has 0 aliphatic carbocycles. The van der Waals surface area contributed by atoms with E-state index in [9.17, 15) is 9.18 Å². The number of aromatic nitrogens is 4. The summed E-state index contributed by atoms with van der Waals surface area (Å²) in [5, 5.41) is 5.52. The van der Waals surface area contributed by atoms with Crippen LogP contribution in [0.1, 0.15) is 22.9 Å². The standard InChI is InChI=1S/C23H19FN4OS/c1-3-18-14(2)30-22-19(18)21-25-20(16-7-5-4-6-8-16)26-28(21)23(29)27(22)13-15-9-11-17(24)12-10-15/h4-12H,3,13H2,1-2H3. The SMILES string of the molecule is CCc1c(C)sc2c1c1nc(-c3ccccc3)nn1c(=O)n2Cc1ccc(F)cc1. The first-order valence-electron chi connectivity index (χ1n) is 9.78. The van der Waals surface area contributed by atoms with Crippen LogP contribution in [0.25, 0.3) is 27.3 Å². The molecule has 5 nitrogen and oxygen atoms in total. The second-order valence-corrected chi connectivity index (χ2v) is 8.41. The van der Waals surface area contributed by atoms with Gasteiger partial charge in [-0.2, -0.15) is 4.52 Å². The first kappa shape index (κ1) is 18.7. The van der Waals surface area contributed by atoms with Gasteiger partial charge in [0.15, 0.2) is 11.5 Å². The van der Waals surface area contributed by atoms with Gasteiger partial charge in [0.25, 0.3) is 0 Å². The summed E-state index contributed by atoms with van der Waals surface area (Å²) < 4.78 is 16.5. The van der Waals surface area contributed by atoms with E-state index in [-0.39, 0.29) is 11.5 Å². The number of fused-ring (bicyclic) bond motifs is 3. The van der Waals surface area contributed by atoms with Gasteiger partial charge in [0.2, 0.25) is 0 Å². The van der Waals surface area contributed by atoms with Gasteiger partial charge in [-0.05, 0) is 36.6 Å². The van der Waals surface area contributed by atoms with Gasteiger partial charge in [-0.1, -0.05) is 49.4 Å². The summed E-state index contributed by atoms with van der Waals surface area (Å²) >= 11 is 1.59. The number of hydrogen-bond acceptors (Lipinski definition) is 4. The molecule has 0 fully saturated rings. The summed E-state index contributed by atoms with van der Waals surface area (Å²) in [5.41, 5.74) is 3.24. The van der Waals surface area contributed by atoms with Gasteiger partial charge in [-0.15, -0.1) is 16.4 Å². The van der Waals surface area contributed by atoms with Crippen LogP contribution in [-0.4, -0.2) is 19.2 Å². The molecule has 30 heavy (non-hydrogen) atoms.